The van der Waals surface area contributed by atoms with Gasteiger partial charge < -0.3 is 5.32 Å². The standard InChI is InChI=1S/C14H10ClNO2/c15-11-6-7-13(16-9-17)12(8-11)14(18)10-4-2-1-3-5-10/h1-9H,(H,16,17)/i1D,2D,3D,4D,5D. The number of carbonyl (C=O) groups is 2. The maximum absolute atomic E-state index is 12.7. The number of carbonyl (C=O) groups excluding carboxylic acids is 2. The molecule has 0 aliphatic carbocycles. The molecule has 1 amide bonds. The van der Waals surface area contributed by atoms with E-state index in [-0.39, 0.29) is 16.3 Å². The Morgan fingerprint density at radius 2 is 2.00 bits per heavy atom. The molecule has 2 aromatic rings. The average Bonchev–Trinajstić information content (AvgIpc) is 2.53. The topological polar surface area (TPSA) is 46.2 Å². The molecule has 4 heteroatoms. The van der Waals surface area contributed by atoms with Gasteiger partial charge in [-0.1, -0.05) is 41.8 Å². The van der Waals surface area contributed by atoms with E-state index in [9.17, 15) is 9.59 Å². The first-order chi connectivity index (χ1) is 10.8. The summed E-state index contributed by atoms with van der Waals surface area (Å²) in [4.78, 5) is 23.3. The number of hydrogen-bond acceptors (Lipinski definition) is 2. The summed E-state index contributed by atoms with van der Waals surface area (Å²) in [5.74, 6) is -0.825. The highest BCUT2D eigenvalue weighted by molar-refractivity contribution is 6.31. The Kier molecular flexibility index (Phi) is 2.23. The van der Waals surface area contributed by atoms with Gasteiger partial charge in [-0.2, -0.15) is 0 Å². The molecule has 0 radical (unpaired) electrons. The lowest BCUT2D eigenvalue weighted by Crippen LogP contribution is -2.06. The van der Waals surface area contributed by atoms with Crippen LogP contribution in [-0.2, 0) is 4.79 Å². The van der Waals surface area contributed by atoms with Crippen molar-refractivity contribution in [2.75, 3.05) is 5.32 Å². The monoisotopic (exact) mass is 264 g/mol. The average molecular weight is 265 g/mol. The van der Waals surface area contributed by atoms with Crippen molar-refractivity contribution in [2.24, 2.45) is 0 Å². The molecule has 0 saturated carbocycles. The molecule has 0 spiro atoms. The first kappa shape index (κ1) is 7.34. The summed E-state index contributed by atoms with van der Waals surface area (Å²) in [7, 11) is 0. The molecule has 90 valence electrons. The van der Waals surface area contributed by atoms with Gasteiger partial charge in [0.25, 0.3) is 0 Å². The summed E-state index contributed by atoms with van der Waals surface area (Å²) in [6.07, 6.45) is 0.363. The van der Waals surface area contributed by atoms with E-state index in [0.29, 0.717) is 6.41 Å². The first-order valence-corrected chi connectivity index (χ1v) is 5.28. The lowest BCUT2D eigenvalue weighted by atomic mass is 10.0. The van der Waals surface area contributed by atoms with Gasteiger partial charge in [0.1, 0.15) is 0 Å². The van der Waals surface area contributed by atoms with Crippen molar-refractivity contribution in [3.05, 3.63) is 64.6 Å². The van der Waals surface area contributed by atoms with Crippen molar-refractivity contribution in [3.63, 3.8) is 0 Å². The SMILES string of the molecule is [2H]c1c([2H])c([2H])c(C(=O)c2cc(Cl)ccc2NC=O)c([2H])c1[2H]. The fourth-order valence-electron chi connectivity index (χ4n) is 1.39. The third-order valence-electron chi connectivity index (χ3n) is 2.17. The molecule has 0 aliphatic rings. The molecule has 2 aromatic carbocycles. The number of halogens is 1. The van der Waals surface area contributed by atoms with Crippen molar-refractivity contribution >= 4 is 29.5 Å². The predicted molar refractivity (Wildman–Crippen MR) is 71.0 cm³/mol. The minimum Gasteiger partial charge on any atom is -0.328 e. The quantitative estimate of drug-likeness (QED) is 0.681. The third-order valence-corrected chi connectivity index (χ3v) is 2.40. The van der Waals surface area contributed by atoms with E-state index in [1.165, 1.54) is 18.2 Å². The maximum Gasteiger partial charge on any atom is 0.211 e. The maximum atomic E-state index is 12.7. The lowest BCUT2D eigenvalue weighted by molar-refractivity contribution is -0.105. The van der Waals surface area contributed by atoms with Gasteiger partial charge in [-0.3, -0.25) is 9.59 Å². The molecule has 0 saturated heterocycles. The fraction of sp³-hybridized carbons (Fsp3) is 0. The summed E-state index contributed by atoms with van der Waals surface area (Å²) in [5, 5.41) is 2.53. The number of benzene rings is 2. The number of ketones is 1. The highest BCUT2D eigenvalue weighted by Crippen LogP contribution is 2.23. The highest BCUT2D eigenvalue weighted by atomic mass is 35.5. The first-order valence-electron chi connectivity index (χ1n) is 7.41. The molecular weight excluding hydrogens is 250 g/mol. The molecule has 1 N–H and O–H groups in total. The van der Waals surface area contributed by atoms with Crippen LogP contribution in [0.1, 0.15) is 22.8 Å². The summed E-state index contributed by atoms with van der Waals surface area (Å²) in [5.41, 5.74) is -0.420. The van der Waals surface area contributed by atoms with Crippen molar-refractivity contribution < 1.29 is 16.4 Å². The molecule has 0 aliphatic heterocycles. The van der Waals surface area contributed by atoms with Crippen LogP contribution in [0.15, 0.2) is 48.4 Å². The minimum absolute atomic E-state index is 0.0665. The zero-order valence-electron chi connectivity index (χ0n) is 14.0. The smallest absolute Gasteiger partial charge is 0.211 e. The van der Waals surface area contributed by atoms with E-state index in [1.54, 1.807) is 0 Å². The van der Waals surface area contributed by atoms with Gasteiger partial charge in [0.05, 0.1) is 12.5 Å². The van der Waals surface area contributed by atoms with Crippen LogP contribution in [0.4, 0.5) is 5.69 Å². The third kappa shape index (κ3) is 2.57. The largest absolute Gasteiger partial charge is 0.328 e. The second-order valence-corrected chi connectivity index (χ2v) is 3.72. The summed E-state index contributed by atoms with van der Waals surface area (Å²) >= 11 is 5.85. The van der Waals surface area contributed by atoms with Crippen LogP contribution in [0.5, 0.6) is 0 Å². The van der Waals surface area contributed by atoms with Crippen LogP contribution in [0.2, 0.25) is 5.02 Å². The summed E-state index contributed by atoms with van der Waals surface area (Å²) in [6, 6.07) is 1.06. The van der Waals surface area contributed by atoms with E-state index in [0.717, 1.165) is 0 Å². The normalized spacial score (nSPS) is 13.7. The van der Waals surface area contributed by atoms with E-state index in [1.807, 2.05) is 0 Å². The van der Waals surface area contributed by atoms with Crippen LogP contribution in [0.25, 0.3) is 0 Å². The van der Waals surface area contributed by atoms with E-state index < -0.39 is 41.6 Å². The Labute approximate surface area is 116 Å². The Bertz CT molecular complexity index is 796. The zero-order valence-corrected chi connectivity index (χ0v) is 9.76. The van der Waals surface area contributed by atoms with Crippen molar-refractivity contribution in [2.45, 2.75) is 0 Å². The Morgan fingerprint density at radius 3 is 2.67 bits per heavy atom. The summed E-state index contributed by atoms with van der Waals surface area (Å²) < 4.78 is 38.4. The van der Waals surface area contributed by atoms with Crippen LogP contribution >= 0.6 is 11.6 Å². The number of nitrogens with one attached hydrogen (secondary N) is 1. The minimum atomic E-state index is -0.825. The van der Waals surface area contributed by atoms with Crippen molar-refractivity contribution in [3.8, 4) is 0 Å². The molecular formula is C14H10ClNO2. The van der Waals surface area contributed by atoms with Crippen molar-refractivity contribution in [1.82, 2.24) is 0 Å². The van der Waals surface area contributed by atoms with Crippen LogP contribution < -0.4 is 5.32 Å². The molecule has 2 rings (SSSR count). The number of rotatable bonds is 4. The molecule has 0 aromatic heterocycles. The number of anilines is 1. The van der Waals surface area contributed by atoms with Gasteiger partial charge in [0.2, 0.25) is 6.41 Å². The van der Waals surface area contributed by atoms with Gasteiger partial charge in [0, 0.05) is 16.1 Å². The van der Waals surface area contributed by atoms with E-state index in [4.69, 9.17) is 18.5 Å². The van der Waals surface area contributed by atoms with Gasteiger partial charge in [-0.05, 0) is 18.2 Å². The molecule has 0 unspecified atom stereocenters. The van der Waals surface area contributed by atoms with Crippen molar-refractivity contribution in [1.29, 1.82) is 0 Å². The fourth-order valence-corrected chi connectivity index (χ4v) is 1.56. The zero-order chi connectivity index (χ0) is 17.3. The van der Waals surface area contributed by atoms with Gasteiger partial charge >= 0.3 is 0 Å². The number of hydrogen-bond donors (Lipinski definition) is 1. The van der Waals surface area contributed by atoms with Gasteiger partial charge in [-0.15, -0.1) is 0 Å². The molecule has 0 bridgehead atoms. The molecule has 18 heavy (non-hydrogen) atoms. The van der Waals surface area contributed by atoms with Gasteiger partial charge in [-0.25, -0.2) is 0 Å². The van der Waals surface area contributed by atoms with E-state index >= 15 is 0 Å². The van der Waals surface area contributed by atoms with Crippen LogP contribution in [0, 0.1) is 0 Å². The van der Waals surface area contributed by atoms with E-state index in [2.05, 4.69) is 5.32 Å². The predicted octanol–water partition coefficient (Wildman–Crippen LogP) is 3.14. The Balaban J connectivity index is 2.72. The lowest BCUT2D eigenvalue weighted by Gasteiger charge is -2.08. The highest BCUT2D eigenvalue weighted by Gasteiger charge is 2.13. The second kappa shape index (κ2) is 5.47. The van der Waals surface area contributed by atoms with Crippen LogP contribution in [-0.4, -0.2) is 12.2 Å². The Morgan fingerprint density at radius 1 is 1.28 bits per heavy atom. The van der Waals surface area contributed by atoms with Crippen LogP contribution in [0.3, 0.4) is 0 Å². The van der Waals surface area contributed by atoms with Gasteiger partial charge in [0.15, 0.2) is 5.78 Å². The molecule has 0 fully saturated rings. The Hall–Kier alpha value is -2.13. The molecule has 0 heterocycles. The number of amides is 1. The molecule has 0 atom stereocenters. The summed E-state index contributed by atoms with van der Waals surface area (Å²) in [6.45, 7) is 0. The second-order valence-electron chi connectivity index (χ2n) is 3.28. The molecule has 3 nitrogen and oxygen atoms in total.